The Labute approximate surface area is 438 Å². The van der Waals surface area contributed by atoms with Crippen LogP contribution in [0.1, 0.15) is 0 Å². The van der Waals surface area contributed by atoms with Crippen LogP contribution in [-0.4, -0.2) is 50.3 Å². The third-order valence-corrected chi connectivity index (χ3v) is 13.2. The molecule has 10 heteroatoms. The molecule has 10 nitrogen and oxygen atoms in total. The second kappa shape index (κ2) is 20.1. The molecule has 0 saturated carbocycles. The van der Waals surface area contributed by atoms with E-state index in [1.165, 1.54) is 24.3 Å². The molecule has 0 aliphatic heterocycles. The maximum atomic E-state index is 10.9. The molecule has 2 heterocycles. The monoisotopic (exact) mass is 984 g/mol. The van der Waals surface area contributed by atoms with Crippen LogP contribution < -0.4 is 0 Å². The van der Waals surface area contributed by atoms with E-state index in [0.29, 0.717) is 34.4 Å². The first-order chi connectivity index (χ1) is 37.2. The van der Waals surface area contributed by atoms with Gasteiger partial charge in [-0.2, -0.15) is 0 Å². The fourth-order valence-corrected chi connectivity index (χ4v) is 9.19. The molecule has 12 aromatic rings. The Hall–Kier alpha value is -10.6. The van der Waals surface area contributed by atoms with Crippen LogP contribution in [0.4, 0.5) is 0 Å². The zero-order valence-electron chi connectivity index (χ0n) is 40.6. The Morgan fingerprint density at radius 3 is 0.724 bits per heavy atom. The van der Waals surface area contributed by atoms with E-state index < -0.39 is 0 Å². The van der Waals surface area contributed by atoms with Crippen molar-refractivity contribution in [2.75, 3.05) is 0 Å². The summed E-state index contributed by atoms with van der Waals surface area (Å²) in [5, 5.41) is 41.8. The summed E-state index contributed by atoms with van der Waals surface area (Å²) in [4.78, 5) is 29.1. The van der Waals surface area contributed by atoms with Gasteiger partial charge in [-0.1, -0.05) is 194 Å². The molecule has 2 aromatic heterocycles. The third kappa shape index (κ3) is 9.72. The Balaban J connectivity index is 0.814. The fraction of sp³-hybridized carbons (Fsp3) is 0. The van der Waals surface area contributed by atoms with Gasteiger partial charge in [-0.15, -0.1) is 0 Å². The summed E-state index contributed by atoms with van der Waals surface area (Å²) >= 11 is 0. The number of phenols is 4. The van der Waals surface area contributed by atoms with Crippen LogP contribution in [0.15, 0.2) is 243 Å². The van der Waals surface area contributed by atoms with E-state index in [-0.39, 0.29) is 34.6 Å². The van der Waals surface area contributed by atoms with E-state index in [4.69, 9.17) is 29.9 Å². The van der Waals surface area contributed by atoms with Crippen molar-refractivity contribution in [3.8, 4) is 147 Å². The molecule has 0 atom stereocenters. The van der Waals surface area contributed by atoms with Gasteiger partial charge in [0.2, 0.25) is 0 Å². The van der Waals surface area contributed by atoms with Crippen molar-refractivity contribution in [2.45, 2.75) is 0 Å². The molecule has 4 N–H and O–H groups in total. The first-order valence-electron chi connectivity index (χ1n) is 24.6. The predicted octanol–water partition coefficient (Wildman–Crippen LogP) is 15.2. The number of benzene rings is 10. The minimum absolute atomic E-state index is 0.0635. The van der Waals surface area contributed by atoms with E-state index in [1.807, 2.05) is 109 Å². The number of nitrogens with zero attached hydrogens (tertiary/aromatic N) is 6. The Morgan fingerprint density at radius 1 is 0.184 bits per heavy atom. The lowest BCUT2D eigenvalue weighted by Gasteiger charge is -2.11. The lowest BCUT2D eigenvalue weighted by Crippen LogP contribution is -2.00. The fourth-order valence-electron chi connectivity index (χ4n) is 9.19. The largest absolute Gasteiger partial charge is 0.508 e. The van der Waals surface area contributed by atoms with E-state index >= 15 is 0 Å². The summed E-state index contributed by atoms with van der Waals surface area (Å²) in [7, 11) is 0. The lowest BCUT2D eigenvalue weighted by molar-refractivity contribution is 0.450. The topological polar surface area (TPSA) is 158 Å². The summed E-state index contributed by atoms with van der Waals surface area (Å²) < 4.78 is 0. The number of hydrogen-bond acceptors (Lipinski definition) is 10. The van der Waals surface area contributed by atoms with Crippen molar-refractivity contribution >= 4 is 0 Å². The minimum Gasteiger partial charge on any atom is -0.508 e. The zero-order valence-corrected chi connectivity index (χ0v) is 40.6. The summed E-state index contributed by atoms with van der Waals surface area (Å²) in [6.07, 6.45) is 0. The van der Waals surface area contributed by atoms with Crippen molar-refractivity contribution < 1.29 is 20.4 Å². The lowest BCUT2D eigenvalue weighted by atomic mass is 9.95. The number of phenolic OH excluding ortho intramolecular Hbond substituents is 4. The Bertz CT molecular complexity index is 3800. The van der Waals surface area contributed by atoms with Crippen LogP contribution in [0.25, 0.3) is 124 Å². The molecule has 0 amide bonds. The Morgan fingerprint density at radius 2 is 0.421 bits per heavy atom. The van der Waals surface area contributed by atoms with Crippen LogP contribution in [0, 0.1) is 0 Å². The summed E-state index contributed by atoms with van der Waals surface area (Å²) in [6.45, 7) is 0. The van der Waals surface area contributed by atoms with Crippen molar-refractivity contribution in [1.82, 2.24) is 29.9 Å². The molecule has 76 heavy (non-hydrogen) atoms. The van der Waals surface area contributed by atoms with Crippen LogP contribution >= 0.6 is 0 Å². The van der Waals surface area contributed by atoms with Crippen LogP contribution in [0.2, 0.25) is 0 Å². The number of aromatic hydroxyl groups is 4. The molecule has 0 aliphatic rings. The van der Waals surface area contributed by atoms with Gasteiger partial charge in [0.15, 0.2) is 34.9 Å². The van der Waals surface area contributed by atoms with Gasteiger partial charge in [0.25, 0.3) is 0 Å². The van der Waals surface area contributed by atoms with Gasteiger partial charge in [-0.3, -0.25) is 0 Å². The van der Waals surface area contributed by atoms with E-state index in [0.717, 1.165) is 77.9 Å². The maximum Gasteiger partial charge on any atom is 0.167 e. The summed E-state index contributed by atoms with van der Waals surface area (Å²) in [5.74, 6) is 1.92. The molecular formula is C66H44N6O4. The van der Waals surface area contributed by atoms with Crippen LogP contribution in [0.5, 0.6) is 23.0 Å². The summed E-state index contributed by atoms with van der Waals surface area (Å²) in [5.41, 5.74) is 14.4. The third-order valence-electron chi connectivity index (χ3n) is 13.2. The SMILES string of the molecule is Oc1ccc(-c2nc(-c3ccc(-c4ccccc4)cc3)nc(-c3ccc(-c4cccc(-c5cccc(-c6ccc(-c7nc(-c8ccc(-c9ccccc9)cc8)nc(-c8ccc(O)cc8O)n7)cc6)c5)c4)cc3)n2)c(O)c1. The van der Waals surface area contributed by atoms with E-state index in [9.17, 15) is 20.4 Å². The van der Waals surface area contributed by atoms with Crippen molar-refractivity contribution in [3.63, 3.8) is 0 Å². The molecule has 362 valence electrons. The van der Waals surface area contributed by atoms with Crippen molar-refractivity contribution in [2.24, 2.45) is 0 Å². The van der Waals surface area contributed by atoms with Gasteiger partial charge >= 0.3 is 0 Å². The van der Waals surface area contributed by atoms with Gasteiger partial charge in [-0.25, -0.2) is 29.9 Å². The highest BCUT2D eigenvalue weighted by atomic mass is 16.3. The molecule has 0 unspecified atom stereocenters. The molecule has 0 fully saturated rings. The standard InChI is InChI=1S/C66H44N6O4/c73-55-33-35-57(59(75)39-55)65-69-61(47-25-17-43(18-26-47)41-9-3-1-4-10-41)67-63(71-65)49-29-21-45(22-30-49)51-13-7-15-53(37-51)54-16-8-14-52(38-54)46-23-31-50(32-24-46)64-68-62(70-66(72-64)58-36-34-56(74)40-60(58)76)48-27-19-44(20-28-48)42-11-5-2-6-12-42/h1-40,73-76H. The van der Waals surface area contributed by atoms with Crippen molar-refractivity contribution in [1.29, 1.82) is 0 Å². The average Bonchev–Trinajstić information content (AvgIpc) is 3.48. The molecule has 0 saturated heterocycles. The molecule has 0 radical (unpaired) electrons. The molecular weight excluding hydrogens is 941 g/mol. The van der Waals surface area contributed by atoms with Crippen molar-refractivity contribution in [3.05, 3.63) is 243 Å². The summed E-state index contributed by atoms with van der Waals surface area (Å²) in [6, 6.07) is 78.1. The van der Waals surface area contributed by atoms with Crippen LogP contribution in [-0.2, 0) is 0 Å². The predicted molar refractivity (Wildman–Crippen MR) is 300 cm³/mol. The van der Waals surface area contributed by atoms with Crippen LogP contribution in [0.3, 0.4) is 0 Å². The number of aromatic nitrogens is 6. The highest BCUT2D eigenvalue weighted by molar-refractivity contribution is 5.80. The number of rotatable bonds is 11. The molecule has 10 aromatic carbocycles. The second-order valence-electron chi connectivity index (χ2n) is 18.2. The van der Waals surface area contributed by atoms with Gasteiger partial charge in [-0.05, 0) is 92.0 Å². The van der Waals surface area contributed by atoms with Gasteiger partial charge < -0.3 is 20.4 Å². The van der Waals surface area contributed by atoms with Gasteiger partial charge in [0.1, 0.15) is 23.0 Å². The highest BCUT2D eigenvalue weighted by Crippen LogP contribution is 2.37. The van der Waals surface area contributed by atoms with Gasteiger partial charge in [0.05, 0.1) is 11.1 Å². The highest BCUT2D eigenvalue weighted by Gasteiger charge is 2.18. The minimum atomic E-state index is -0.140. The van der Waals surface area contributed by atoms with Gasteiger partial charge in [0, 0.05) is 34.4 Å². The molecule has 0 bridgehead atoms. The van der Waals surface area contributed by atoms with E-state index in [1.54, 1.807) is 12.1 Å². The second-order valence-corrected chi connectivity index (χ2v) is 18.2. The molecule has 0 spiro atoms. The first-order valence-corrected chi connectivity index (χ1v) is 24.6. The molecule has 0 aliphatic carbocycles. The van der Waals surface area contributed by atoms with E-state index in [2.05, 4.69) is 97.1 Å². The first kappa shape index (κ1) is 46.5. The maximum absolute atomic E-state index is 10.9. The number of hydrogen-bond donors (Lipinski definition) is 4. The normalized spacial score (nSPS) is 11.1. The molecule has 12 rings (SSSR count). The quantitative estimate of drug-likeness (QED) is 0.0983. The Kier molecular flexibility index (Phi) is 12.3. The zero-order chi connectivity index (χ0) is 51.5. The average molecular weight is 985 g/mol. The smallest absolute Gasteiger partial charge is 0.167 e.